The summed E-state index contributed by atoms with van der Waals surface area (Å²) in [5.41, 5.74) is 1.74. The zero-order valence-electron chi connectivity index (χ0n) is 7.06. The Morgan fingerprint density at radius 3 is 2.46 bits per heavy atom. The van der Waals surface area contributed by atoms with E-state index in [0.29, 0.717) is 6.42 Å². The molecule has 0 unspecified atom stereocenters. The molecule has 66 valence electrons. The smallest absolute Gasteiger partial charge is 0.207 e. The van der Waals surface area contributed by atoms with Gasteiger partial charge in [0.2, 0.25) is 6.54 Å². The highest BCUT2D eigenvalue weighted by molar-refractivity contribution is 5.34. The molecule has 0 saturated carbocycles. The van der Waals surface area contributed by atoms with Crippen molar-refractivity contribution in [1.82, 2.24) is 0 Å². The fraction of sp³-hybridized carbons (Fsp3) is 0.200. The topological polar surface area (TPSA) is 43.1 Å². The van der Waals surface area contributed by atoms with Gasteiger partial charge < -0.3 is 0 Å². The van der Waals surface area contributed by atoms with Crippen molar-refractivity contribution in [3.05, 3.63) is 45.5 Å². The second kappa shape index (κ2) is 4.27. The van der Waals surface area contributed by atoms with E-state index in [2.05, 4.69) is 5.92 Å². The van der Waals surface area contributed by atoms with Crippen molar-refractivity contribution in [1.29, 1.82) is 0 Å². The summed E-state index contributed by atoms with van der Waals surface area (Å²) in [6.07, 6.45) is 5.62. The van der Waals surface area contributed by atoms with E-state index in [-0.39, 0.29) is 11.5 Å². The third-order valence-electron chi connectivity index (χ3n) is 1.70. The first kappa shape index (κ1) is 9.27. The van der Waals surface area contributed by atoms with E-state index in [1.807, 2.05) is 12.1 Å². The Hall–Kier alpha value is -1.82. The van der Waals surface area contributed by atoms with Crippen molar-refractivity contribution >= 4 is 0 Å². The minimum Gasteiger partial charge on any atom is -0.265 e. The summed E-state index contributed by atoms with van der Waals surface area (Å²) >= 11 is 0. The molecule has 0 atom stereocenters. The van der Waals surface area contributed by atoms with Crippen LogP contribution in [-0.2, 0) is 6.42 Å². The summed E-state index contributed by atoms with van der Waals surface area (Å²) in [7, 11) is 0. The van der Waals surface area contributed by atoms with Gasteiger partial charge in [-0.1, -0.05) is 18.1 Å². The van der Waals surface area contributed by atoms with Crippen LogP contribution in [0.25, 0.3) is 0 Å². The van der Waals surface area contributed by atoms with Crippen LogP contribution in [0, 0.1) is 22.5 Å². The van der Waals surface area contributed by atoms with Crippen LogP contribution in [0.1, 0.15) is 11.1 Å². The number of hydrogen-bond acceptors (Lipinski definition) is 2. The van der Waals surface area contributed by atoms with Gasteiger partial charge in [0.1, 0.15) is 0 Å². The van der Waals surface area contributed by atoms with Gasteiger partial charge in [0, 0.05) is 16.9 Å². The lowest BCUT2D eigenvalue weighted by Crippen LogP contribution is -2.03. The Bertz CT molecular complexity index is 335. The second-order valence-corrected chi connectivity index (χ2v) is 2.65. The summed E-state index contributed by atoms with van der Waals surface area (Å²) < 4.78 is 0. The molecule has 13 heavy (non-hydrogen) atoms. The van der Waals surface area contributed by atoms with Crippen LogP contribution >= 0.6 is 0 Å². The monoisotopic (exact) mass is 175 g/mol. The average Bonchev–Trinajstić information content (AvgIpc) is 2.15. The largest absolute Gasteiger partial charge is 0.265 e. The van der Waals surface area contributed by atoms with E-state index < -0.39 is 0 Å². The Kier molecular flexibility index (Phi) is 3.04. The van der Waals surface area contributed by atoms with Crippen molar-refractivity contribution in [2.45, 2.75) is 6.42 Å². The predicted octanol–water partition coefficient (Wildman–Crippen LogP) is 1.49. The Morgan fingerprint density at radius 2 is 2.00 bits per heavy atom. The lowest BCUT2D eigenvalue weighted by atomic mass is 10.1. The molecule has 1 aromatic carbocycles. The van der Waals surface area contributed by atoms with E-state index >= 15 is 0 Å². The minimum atomic E-state index is -0.324. The Labute approximate surface area is 76.5 Å². The van der Waals surface area contributed by atoms with Crippen LogP contribution in [0.4, 0.5) is 0 Å². The molecule has 0 saturated heterocycles. The second-order valence-electron chi connectivity index (χ2n) is 2.65. The highest BCUT2D eigenvalue weighted by Crippen LogP contribution is 2.03. The number of benzene rings is 1. The number of nitro groups is 1. The van der Waals surface area contributed by atoms with Gasteiger partial charge in [0.05, 0.1) is 0 Å². The van der Waals surface area contributed by atoms with Crippen molar-refractivity contribution in [3.8, 4) is 12.3 Å². The molecule has 0 N–H and O–H groups in total. The molecule has 3 nitrogen and oxygen atoms in total. The van der Waals surface area contributed by atoms with Gasteiger partial charge in [-0.2, -0.15) is 0 Å². The molecular formula is C10H9NO2. The maximum atomic E-state index is 10.1. The first-order valence-electron chi connectivity index (χ1n) is 3.89. The molecule has 0 aliphatic heterocycles. The molecule has 0 radical (unpaired) electrons. The Morgan fingerprint density at radius 1 is 1.38 bits per heavy atom. The normalized spacial score (nSPS) is 9.15. The zero-order chi connectivity index (χ0) is 9.68. The van der Waals surface area contributed by atoms with Gasteiger partial charge in [0.25, 0.3) is 0 Å². The van der Waals surface area contributed by atoms with E-state index in [0.717, 1.165) is 11.1 Å². The minimum absolute atomic E-state index is 0.0323. The van der Waals surface area contributed by atoms with Gasteiger partial charge in [-0.05, 0) is 17.7 Å². The fourth-order valence-electron chi connectivity index (χ4n) is 0.988. The van der Waals surface area contributed by atoms with Gasteiger partial charge >= 0.3 is 0 Å². The number of rotatable bonds is 3. The molecule has 0 bridgehead atoms. The highest BCUT2D eigenvalue weighted by atomic mass is 16.6. The first-order chi connectivity index (χ1) is 6.22. The van der Waals surface area contributed by atoms with E-state index in [1.165, 1.54) is 0 Å². The van der Waals surface area contributed by atoms with Crippen LogP contribution in [0.5, 0.6) is 0 Å². The van der Waals surface area contributed by atoms with Crippen molar-refractivity contribution < 1.29 is 4.92 Å². The molecular weight excluding hydrogens is 166 g/mol. The summed E-state index contributed by atoms with van der Waals surface area (Å²) in [6.45, 7) is -0.0323. The van der Waals surface area contributed by atoms with Crippen LogP contribution in [0.3, 0.4) is 0 Å². The standard InChI is InChI=1S/C10H9NO2/c1-2-9-3-5-10(6-4-9)7-8-11(12)13/h1,3-6H,7-8H2. The van der Waals surface area contributed by atoms with Crippen molar-refractivity contribution in [2.24, 2.45) is 0 Å². The van der Waals surface area contributed by atoms with Crippen LogP contribution < -0.4 is 0 Å². The van der Waals surface area contributed by atoms with Gasteiger partial charge in [-0.15, -0.1) is 6.42 Å². The Balaban J connectivity index is 2.60. The number of terminal acetylenes is 1. The summed E-state index contributed by atoms with van der Waals surface area (Å²) in [4.78, 5) is 9.74. The molecule has 1 rings (SSSR count). The van der Waals surface area contributed by atoms with Crippen LogP contribution in [0.2, 0.25) is 0 Å². The third kappa shape index (κ3) is 2.96. The summed E-state index contributed by atoms with van der Waals surface area (Å²) in [5, 5.41) is 10.1. The van der Waals surface area contributed by atoms with Crippen molar-refractivity contribution in [2.75, 3.05) is 6.54 Å². The molecule has 0 heterocycles. The van der Waals surface area contributed by atoms with Gasteiger partial charge in [-0.25, -0.2) is 0 Å². The molecule has 0 aromatic heterocycles. The predicted molar refractivity (Wildman–Crippen MR) is 49.9 cm³/mol. The highest BCUT2D eigenvalue weighted by Gasteiger charge is 1.98. The molecule has 0 fully saturated rings. The number of hydrogen-bond donors (Lipinski definition) is 0. The van der Waals surface area contributed by atoms with Crippen LogP contribution in [0.15, 0.2) is 24.3 Å². The van der Waals surface area contributed by atoms with Crippen molar-refractivity contribution in [3.63, 3.8) is 0 Å². The molecule has 0 aliphatic rings. The van der Waals surface area contributed by atoms with Crippen LogP contribution in [-0.4, -0.2) is 11.5 Å². The van der Waals surface area contributed by atoms with E-state index in [9.17, 15) is 10.1 Å². The maximum absolute atomic E-state index is 10.1. The molecule has 3 heteroatoms. The third-order valence-corrected chi connectivity index (χ3v) is 1.70. The molecule has 0 amide bonds. The lowest BCUT2D eigenvalue weighted by molar-refractivity contribution is -0.479. The average molecular weight is 175 g/mol. The molecule has 0 spiro atoms. The van der Waals surface area contributed by atoms with E-state index in [4.69, 9.17) is 6.42 Å². The zero-order valence-corrected chi connectivity index (χ0v) is 7.06. The lowest BCUT2D eigenvalue weighted by Gasteiger charge is -1.96. The maximum Gasteiger partial charge on any atom is 0.207 e. The summed E-state index contributed by atoms with van der Waals surface area (Å²) in [5.74, 6) is 2.49. The number of nitrogens with zero attached hydrogens (tertiary/aromatic N) is 1. The quantitative estimate of drug-likeness (QED) is 0.397. The SMILES string of the molecule is C#Cc1ccc(CC[N+](=O)[O-])cc1. The fourth-order valence-corrected chi connectivity index (χ4v) is 0.988. The van der Waals surface area contributed by atoms with Gasteiger partial charge in [-0.3, -0.25) is 10.1 Å². The first-order valence-corrected chi connectivity index (χ1v) is 3.89. The molecule has 0 aliphatic carbocycles. The summed E-state index contributed by atoms with van der Waals surface area (Å²) in [6, 6.07) is 7.21. The van der Waals surface area contributed by atoms with E-state index in [1.54, 1.807) is 12.1 Å². The molecule has 1 aromatic rings. The van der Waals surface area contributed by atoms with Gasteiger partial charge in [0.15, 0.2) is 0 Å².